The summed E-state index contributed by atoms with van der Waals surface area (Å²) in [6.45, 7) is 3.62. The molecule has 0 aliphatic carbocycles. The number of rotatable bonds is 7. The minimum Gasteiger partial charge on any atom is -0.384 e. The highest BCUT2D eigenvalue weighted by Crippen LogP contribution is 2.11. The number of carbonyl (C=O) groups excluding carboxylic acids is 1. The third-order valence-electron chi connectivity index (χ3n) is 3.09. The van der Waals surface area contributed by atoms with E-state index >= 15 is 0 Å². The van der Waals surface area contributed by atoms with Gasteiger partial charge in [-0.2, -0.15) is 16.4 Å². The van der Waals surface area contributed by atoms with E-state index in [0.717, 1.165) is 11.3 Å². The normalized spacial score (nSPS) is 10.8. The molecule has 0 saturated carbocycles. The number of amides is 1. The number of nitrogens with two attached hydrogens (primary N) is 1. The lowest BCUT2D eigenvalue weighted by Gasteiger charge is -2.22. The van der Waals surface area contributed by atoms with Crippen molar-refractivity contribution in [1.29, 1.82) is 0 Å². The lowest BCUT2D eigenvalue weighted by Crippen LogP contribution is -2.36. The van der Waals surface area contributed by atoms with Crippen LogP contribution in [0.3, 0.4) is 0 Å². The summed E-state index contributed by atoms with van der Waals surface area (Å²) in [6, 6.07) is 3.77. The molecule has 0 fully saturated rings. The molecular weight excluding hydrogens is 288 g/mol. The van der Waals surface area contributed by atoms with Crippen LogP contribution in [0.5, 0.6) is 0 Å². The molecule has 2 heterocycles. The summed E-state index contributed by atoms with van der Waals surface area (Å²) in [5, 5.41) is 8.27. The largest absolute Gasteiger partial charge is 0.384 e. The fourth-order valence-corrected chi connectivity index (χ4v) is 2.68. The zero-order valence-corrected chi connectivity index (χ0v) is 13.1. The molecule has 0 spiro atoms. The maximum Gasteiger partial charge on any atom is 0.244 e. The van der Waals surface area contributed by atoms with Gasteiger partial charge in [-0.1, -0.05) is 0 Å². The first-order valence-electron chi connectivity index (χ1n) is 6.68. The average molecular weight is 308 g/mol. The molecule has 114 valence electrons. The Balaban J connectivity index is 2.04. The van der Waals surface area contributed by atoms with Crippen LogP contribution in [-0.4, -0.2) is 40.8 Å². The summed E-state index contributed by atoms with van der Waals surface area (Å²) >= 11 is 1.62. The van der Waals surface area contributed by atoms with Gasteiger partial charge in [-0.15, -0.1) is 0 Å². The van der Waals surface area contributed by atoms with Crippen molar-refractivity contribution in [2.75, 3.05) is 26.0 Å². The highest BCUT2D eigenvalue weighted by Gasteiger charge is 2.16. The van der Waals surface area contributed by atoms with Crippen LogP contribution in [0.2, 0.25) is 0 Å². The summed E-state index contributed by atoms with van der Waals surface area (Å²) in [7, 11) is 1.63. The van der Waals surface area contributed by atoms with E-state index in [1.54, 1.807) is 29.4 Å². The SMILES string of the molecule is COCCN(Cc1ccsc1)C(=O)Cn1nc(C)cc1N. The van der Waals surface area contributed by atoms with Gasteiger partial charge in [-0.3, -0.25) is 4.79 Å². The minimum atomic E-state index is -0.0203. The van der Waals surface area contributed by atoms with Crippen LogP contribution in [0.15, 0.2) is 22.9 Å². The third-order valence-corrected chi connectivity index (χ3v) is 3.82. The van der Waals surface area contributed by atoms with Crippen molar-refractivity contribution in [3.63, 3.8) is 0 Å². The second-order valence-corrected chi connectivity index (χ2v) is 5.59. The number of carbonyl (C=O) groups is 1. The number of aryl methyl sites for hydroxylation is 1. The Morgan fingerprint density at radius 3 is 2.95 bits per heavy atom. The molecule has 0 radical (unpaired) electrons. The first-order chi connectivity index (χ1) is 10.1. The average Bonchev–Trinajstić information content (AvgIpc) is 3.05. The van der Waals surface area contributed by atoms with Gasteiger partial charge in [0.05, 0.1) is 12.3 Å². The summed E-state index contributed by atoms with van der Waals surface area (Å²) in [5.74, 6) is 0.483. The van der Waals surface area contributed by atoms with Crippen molar-refractivity contribution in [1.82, 2.24) is 14.7 Å². The Morgan fingerprint density at radius 2 is 2.38 bits per heavy atom. The van der Waals surface area contributed by atoms with Crippen LogP contribution in [0.1, 0.15) is 11.3 Å². The van der Waals surface area contributed by atoms with Gasteiger partial charge in [0.2, 0.25) is 5.91 Å². The van der Waals surface area contributed by atoms with Crippen LogP contribution >= 0.6 is 11.3 Å². The van der Waals surface area contributed by atoms with E-state index in [9.17, 15) is 4.79 Å². The highest BCUT2D eigenvalue weighted by atomic mass is 32.1. The van der Waals surface area contributed by atoms with E-state index < -0.39 is 0 Å². The summed E-state index contributed by atoms with van der Waals surface area (Å²) in [5.41, 5.74) is 7.76. The second-order valence-electron chi connectivity index (χ2n) is 4.81. The fourth-order valence-electron chi connectivity index (χ4n) is 2.02. The smallest absolute Gasteiger partial charge is 0.244 e. The van der Waals surface area contributed by atoms with Crippen molar-refractivity contribution in [3.05, 3.63) is 34.2 Å². The molecule has 0 saturated heterocycles. The standard InChI is InChI=1S/C14H20N4O2S/c1-11-7-13(15)18(16-11)9-14(19)17(4-5-20-2)8-12-3-6-21-10-12/h3,6-7,10H,4-5,8-9,15H2,1-2H3. The quantitative estimate of drug-likeness (QED) is 0.841. The van der Waals surface area contributed by atoms with E-state index in [4.69, 9.17) is 10.5 Å². The maximum atomic E-state index is 12.5. The van der Waals surface area contributed by atoms with E-state index in [-0.39, 0.29) is 12.5 Å². The number of ether oxygens (including phenoxy) is 1. The maximum absolute atomic E-state index is 12.5. The minimum absolute atomic E-state index is 0.0203. The fraction of sp³-hybridized carbons (Fsp3) is 0.429. The van der Waals surface area contributed by atoms with Crippen molar-refractivity contribution < 1.29 is 9.53 Å². The number of nitrogens with zero attached hydrogens (tertiary/aromatic N) is 3. The Hall–Kier alpha value is -1.86. The van der Waals surface area contributed by atoms with Crippen molar-refractivity contribution >= 4 is 23.1 Å². The molecule has 21 heavy (non-hydrogen) atoms. The highest BCUT2D eigenvalue weighted by molar-refractivity contribution is 7.07. The molecule has 0 aromatic carbocycles. The molecule has 2 rings (SSSR count). The number of hydrogen-bond acceptors (Lipinski definition) is 5. The van der Waals surface area contributed by atoms with E-state index in [0.29, 0.717) is 25.5 Å². The number of hydrogen-bond donors (Lipinski definition) is 1. The van der Waals surface area contributed by atoms with E-state index in [1.165, 1.54) is 4.68 Å². The van der Waals surface area contributed by atoms with Gasteiger partial charge in [0, 0.05) is 26.3 Å². The Morgan fingerprint density at radius 1 is 1.57 bits per heavy atom. The molecule has 7 heteroatoms. The van der Waals surface area contributed by atoms with Crippen LogP contribution in [-0.2, 0) is 22.6 Å². The van der Waals surface area contributed by atoms with Crippen LogP contribution in [0.25, 0.3) is 0 Å². The molecule has 0 unspecified atom stereocenters. The molecule has 2 N–H and O–H groups in total. The lowest BCUT2D eigenvalue weighted by atomic mass is 10.3. The summed E-state index contributed by atoms with van der Waals surface area (Å²) in [6.07, 6.45) is 0. The molecular formula is C14H20N4O2S. The Bertz CT molecular complexity index is 580. The molecule has 6 nitrogen and oxygen atoms in total. The third kappa shape index (κ3) is 4.30. The predicted octanol–water partition coefficient (Wildman–Crippen LogP) is 1.51. The van der Waals surface area contributed by atoms with E-state index in [1.807, 2.05) is 23.8 Å². The zero-order valence-electron chi connectivity index (χ0n) is 12.3. The van der Waals surface area contributed by atoms with Crippen molar-refractivity contribution in [2.45, 2.75) is 20.0 Å². The van der Waals surface area contributed by atoms with Gasteiger partial charge < -0.3 is 15.4 Å². The van der Waals surface area contributed by atoms with Crippen molar-refractivity contribution in [3.8, 4) is 0 Å². The molecule has 0 atom stereocenters. The van der Waals surface area contributed by atoms with Gasteiger partial charge >= 0.3 is 0 Å². The zero-order chi connectivity index (χ0) is 15.2. The predicted molar refractivity (Wildman–Crippen MR) is 83.0 cm³/mol. The molecule has 0 aliphatic rings. The molecule has 0 aliphatic heterocycles. The van der Waals surface area contributed by atoms with Gasteiger partial charge in [0.1, 0.15) is 12.4 Å². The summed E-state index contributed by atoms with van der Waals surface area (Å²) in [4.78, 5) is 14.2. The van der Waals surface area contributed by atoms with Gasteiger partial charge in [0.25, 0.3) is 0 Å². The number of aromatic nitrogens is 2. The first kappa shape index (κ1) is 15.5. The van der Waals surface area contributed by atoms with Crippen molar-refractivity contribution in [2.24, 2.45) is 0 Å². The van der Waals surface area contributed by atoms with Crippen LogP contribution < -0.4 is 5.73 Å². The second kappa shape index (κ2) is 7.24. The Labute approximate surface area is 128 Å². The molecule has 2 aromatic rings. The molecule has 1 amide bonds. The van der Waals surface area contributed by atoms with Gasteiger partial charge in [-0.05, 0) is 29.3 Å². The first-order valence-corrected chi connectivity index (χ1v) is 7.62. The number of nitrogen functional groups attached to an aromatic ring is 1. The van der Waals surface area contributed by atoms with Crippen LogP contribution in [0, 0.1) is 6.92 Å². The van der Waals surface area contributed by atoms with Crippen LogP contribution in [0.4, 0.5) is 5.82 Å². The van der Waals surface area contributed by atoms with Gasteiger partial charge in [0.15, 0.2) is 0 Å². The lowest BCUT2D eigenvalue weighted by molar-refractivity contribution is -0.133. The van der Waals surface area contributed by atoms with Gasteiger partial charge in [-0.25, -0.2) is 4.68 Å². The number of anilines is 1. The Kier molecular flexibility index (Phi) is 5.35. The molecule has 2 aromatic heterocycles. The molecule has 0 bridgehead atoms. The van der Waals surface area contributed by atoms with E-state index in [2.05, 4.69) is 5.10 Å². The number of methoxy groups -OCH3 is 1. The topological polar surface area (TPSA) is 73.4 Å². The number of thiophene rings is 1. The summed E-state index contributed by atoms with van der Waals surface area (Å²) < 4.78 is 6.61. The monoisotopic (exact) mass is 308 g/mol.